The number of rotatable bonds is 4. The Hall–Kier alpha value is -2.33. The highest BCUT2D eigenvalue weighted by Gasteiger charge is 2.21. The van der Waals surface area contributed by atoms with Gasteiger partial charge in [0.1, 0.15) is 5.75 Å². The third-order valence-corrected chi connectivity index (χ3v) is 5.79. The fourth-order valence-corrected chi connectivity index (χ4v) is 4.51. The predicted molar refractivity (Wildman–Crippen MR) is 103 cm³/mol. The number of nitrogens with one attached hydrogen (secondary N) is 1. The Labute approximate surface area is 154 Å². The third kappa shape index (κ3) is 3.21. The summed E-state index contributed by atoms with van der Waals surface area (Å²) in [6, 6.07) is 13.4. The topological polar surface area (TPSA) is 41.2 Å². The van der Waals surface area contributed by atoms with Crippen molar-refractivity contribution in [2.75, 3.05) is 19.7 Å². The first kappa shape index (κ1) is 15.9. The summed E-state index contributed by atoms with van der Waals surface area (Å²) in [7, 11) is 0. The van der Waals surface area contributed by atoms with Crippen LogP contribution in [0, 0.1) is 5.92 Å². The first-order chi connectivity index (χ1) is 12.8. The van der Waals surface area contributed by atoms with Gasteiger partial charge in [-0.15, -0.1) is 0 Å². The molecule has 0 bridgehead atoms. The number of aromatic nitrogens is 2. The number of benzene rings is 2. The van der Waals surface area contributed by atoms with E-state index in [1.807, 2.05) is 6.20 Å². The summed E-state index contributed by atoms with van der Waals surface area (Å²) in [5.41, 5.74) is 5.36. The first-order valence-electron chi connectivity index (χ1n) is 9.72. The van der Waals surface area contributed by atoms with E-state index in [1.54, 1.807) is 0 Å². The average Bonchev–Trinajstić information content (AvgIpc) is 3.30. The molecule has 0 spiro atoms. The Morgan fingerprint density at radius 1 is 1.15 bits per heavy atom. The van der Waals surface area contributed by atoms with Crippen LogP contribution in [0.1, 0.15) is 29.5 Å². The lowest BCUT2D eigenvalue weighted by Gasteiger charge is -2.33. The highest BCUT2D eigenvalue weighted by atomic mass is 16.5. The normalized spacial score (nSPS) is 20.2. The van der Waals surface area contributed by atoms with E-state index in [2.05, 4.69) is 51.5 Å². The molecule has 0 amide bonds. The molecule has 2 aliphatic heterocycles. The molecule has 2 aliphatic rings. The van der Waals surface area contributed by atoms with Crippen molar-refractivity contribution in [2.24, 2.45) is 5.92 Å². The van der Waals surface area contributed by atoms with Gasteiger partial charge in [0, 0.05) is 24.9 Å². The largest absolute Gasteiger partial charge is 0.493 e. The lowest BCUT2D eigenvalue weighted by atomic mass is 9.90. The van der Waals surface area contributed by atoms with Crippen molar-refractivity contribution in [3.63, 3.8) is 0 Å². The van der Waals surface area contributed by atoms with Crippen molar-refractivity contribution < 1.29 is 4.74 Å². The van der Waals surface area contributed by atoms with Crippen molar-refractivity contribution in [3.05, 3.63) is 59.3 Å². The summed E-state index contributed by atoms with van der Waals surface area (Å²) in [6.45, 7) is 4.30. The number of likely N-dealkylation sites (tertiary alicyclic amines) is 1. The zero-order valence-corrected chi connectivity index (χ0v) is 15.1. The Bertz CT molecular complexity index is 917. The summed E-state index contributed by atoms with van der Waals surface area (Å²) in [5, 5.41) is 8.38. The van der Waals surface area contributed by atoms with E-state index in [-0.39, 0.29) is 0 Å². The molecule has 3 heterocycles. The maximum atomic E-state index is 5.63. The molecule has 3 aromatic rings. The van der Waals surface area contributed by atoms with Gasteiger partial charge in [-0.25, -0.2) is 0 Å². The fourth-order valence-electron chi connectivity index (χ4n) is 4.51. The molecule has 4 nitrogen and oxygen atoms in total. The molecule has 1 fully saturated rings. The second-order valence-corrected chi connectivity index (χ2v) is 7.78. The molecule has 5 rings (SSSR count). The van der Waals surface area contributed by atoms with Crippen LogP contribution in [0.5, 0.6) is 5.75 Å². The van der Waals surface area contributed by atoms with Crippen LogP contribution in [0.15, 0.2) is 42.6 Å². The monoisotopic (exact) mass is 347 g/mol. The van der Waals surface area contributed by atoms with Gasteiger partial charge in [0.25, 0.3) is 0 Å². The van der Waals surface area contributed by atoms with Gasteiger partial charge in [-0.1, -0.05) is 18.2 Å². The zero-order valence-electron chi connectivity index (χ0n) is 15.1. The van der Waals surface area contributed by atoms with E-state index >= 15 is 0 Å². The van der Waals surface area contributed by atoms with Crippen LogP contribution < -0.4 is 4.74 Å². The maximum absolute atomic E-state index is 5.63. The Morgan fingerprint density at radius 2 is 2.12 bits per heavy atom. The highest BCUT2D eigenvalue weighted by Crippen LogP contribution is 2.28. The quantitative estimate of drug-likeness (QED) is 0.777. The minimum atomic E-state index is 0.742. The number of fused-ring (bicyclic) bond motifs is 2. The molecule has 134 valence electrons. The van der Waals surface area contributed by atoms with Crippen LogP contribution in [0.25, 0.3) is 10.9 Å². The molecule has 26 heavy (non-hydrogen) atoms. The van der Waals surface area contributed by atoms with Crippen LogP contribution in [0.2, 0.25) is 0 Å². The number of aromatic amines is 1. The summed E-state index contributed by atoms with van der Waals surface area (Å²) in [4.78, 5) is 2.63. The number of hydrogen-bond acceptors (Lipinski definition) is 3. The molecular weight excluding hydrogens is 322 g/mol. The van der Waals surface area contributed by atoms with Crippen LogP contribution in [-0.2, 0) is 19.4 Å². The molecular formula is C22H25N3O. The number of ether oxygens (including phenoxy) is 1. The molecule has 4 heteroatoms. The minimum absolute atomic E-state index is 0.742. The summed E-state index contributed by atoms with van der Waals surface area (Å²) in [6.07, 6.45) is 6.77. The molecule has 0 aliphatic carbocycles. The van der Waals surface area contributed by atoms with Gasteiger partial charge in [0.05, 0.1) is 18.3 Å². The second-order valence-electron chi connectivity index (χ2n) is 7.78. The molecule has 0 radical (unpaired) electrons. The molecule has 0 saturated carbocycles. The smallest absolute Gasteiger partial charge is 0.122 e. The molecule has 1 atom stereocenters. The molecule has 1 N–H and O–H groups in total. The zero-order chi connectivity index (χ0) is 17.3. The molecule has 1 saturated heterocycles. The van der Waals surface area contributed by atoms with E-state index < -0.39 is 0 Å². The molecule has 1 aromatic heterocycles. The number of H-pyrrole nitrogens is 1. The van der Waals surface area contributed by atoms with Crippen LogP contribution >= 0.6 is 0 Å². The lowest BCUT2D eigenvalue weighted by molar-refractivity contribution is 0.167. The second kappa shape index (κ2) is 6.76. The van der Waals surface area contributed by atoms with Gasteiger partial charge in [0.15, 0.2) is 0 Å². The summed E-state index contributed by atoms with van der Waals surface area (Å²) < 4.78 is 5.63. The molecule has 2 aromatic carbocycles. The summed E-state index contributed by atoms with van der Waals surface area (Å²) >= 11 is 0. The SMILES string of the molecule is c1cc2[nH]ncc2cc1C[C@@H]1CCCN(Cc2ccc3c(c2)CCO3)C1. The van der Waals surface area contributed by atoms with Crippen LogP contribution in [0.4, 0.5) is 0 Å². The Morgan fingerprint density at radius 3 is 3.12 bits per heavy atom. The van der Waals surface area contributed by atoms with E-state index in [0.29, 0.717) is 0 Å². The van der Waals surface area contributed by atoms with Crippen molar-refractivity contribution in [1.29, 1.82) is 0 Å². The summed E-state index contributed by atoms with van der Waals surface area (Å²) in [5.74, 6) is 1.82. The minimum Gasteiger partial charge on any atom is -0.493 e. The highest BCUT2D eigenvalue weighted by molar-refractivity contribution is 5.78. The van der Waals surface area contributed by atoms with Gasteiger partial charge in [-0.3, -0.25) is 10.00 Å². The van der Waals surface area contributed by atoms with Gasteiger partial charge in [-0.05, 0) is 66.6 Å². The van der Waals surface area contributed by atoms with Crippen LogP contribution in [0.3, 0.4) is 0 Å². The predicted octanol–water partition coefficient (Wildman–Crippen LogP) is 3.95. The van der Waals surface area contributed by atoms with Crippen molar-refractivity contribution in [3.8, 4) is 5.75 Å². The third-order valence-electron chi connectivity index (χ3n) is 5.79. The van der Waals surface area contributed by atoms with Crippen molar-refractivity contribution in [2.45, 2.75) is 32.2 Å². The van der Waals surface area contributed by atoms with Crippen molar-refractivity contribution in [1.82, 2.24) is 15.1 Å². The van der Waals surface area contributed by atoms with E-state index in [0.717, 1.165) is 43.2 Å². The van der Waals surface area contributed by atoms with E-state index in [1.165, 1.54) is 48.0 Å². The lowest BCUT2D eigenvalue weighted by Crippen LogP contribution is -2.35. The average molecular weight is 347 g/mol. The molecule has 0 unspecified atom stereocenters. The van der Waals surface area contributed by atoms with Gasteiger partial charge >= 0.3 is 0 Å². The standard InChI is InChI=1S/C22H25N3O/c1-2-17(10-16-3-5-21-20(11-16)13-23-24-21)14-25(8-1)15-18-4-6-22-19(12-18)7-9-26-22/h3-6,11-13,17H,1-2,7-10,14-15H2,(H,23,24)/t17-/m0/s1. The van der Waals surface area contributed by atoms with Crippen LogP contribution in [-0.4, -0.2) is 34.8 Å². The fraction of sp³-hybridized carbons (Fsp3) is 0.409. The Kier molecular flexibility index (Phi) is 4.13. The van der Waals surface area contributed by atoms with E-state index in [9.17, 15) is 0 Å². The number of hydrogen-bond donors (Lipinski definition) is 1. The van der Waals surface area contributed by atoms with Gasteiger partial charge in [0.2, 0.25) is 0 Å². The Balaban J connectivity index is 1.24. The van der Waals surface area contributed by atoms with Gasteiger partial charge in [-0.2, -0.15) is 5.10 Å². The first-order valence-corrected chi connectivity index (χ1v) is 9.72. The van der Waals surface area contributed by atoms with Gasteiger partial charge < -0.3 is 4.74 Å². The number of nitrogens with zero attached hydrogens (tertiary/aromatic N) is 2. The maximum Gasteiger partial charge on any atom is 0.122 e. The van der Waals surface area contributed by atoms with E-state index in [4.69, 9.17) is 4.74 Å². The van der Waals surface area contributed by atoms with Crippen molar-refractivity contribution >= 4 is 10.9 Å². The number of piperidine rings is 1.